The summed E-state index contributed by atoms with van der Waals surface area (Å²) in [6, 6.07) is 15.2. The maximum atomic E-state index is 12.8. The Hall–Kier alpha value is -2.86. The predicted octanol–water partition coefficient (Wildman–Crippen LogP) is 4.43. The number of ether oxygens (including phenoxy) is 1. The molecule has 0 aliphatic rings. The third kappa shape index (κ3) is 5.07. The zero-order valence-electron chi connectivity index (χ0n) is 14.6. The molecule has 0 radical (unpaired) electrons. The van der Waals surface area contributed by atoms with E-state index in [9.17, 15) is 4.79 Å². The number of methoxy groups -OCH3 is 1. The van der Waals surface area contributed by atoms with E-state index >= 15 is 0 Å². The van der Waals surface area contributed by atoms with Gasteiger partial charge in [-0.2, -0.15) is 0 Å². The van der Waals surface area contributed by atoms with Gasteiger partial charge in [-0.1, -0.05) is 12.1 Å². The molecule has 0 aliphatic heterocycles. The van der Waals surface area contributed by atoms with Crippen LogP contribution in [0.2, 0.25) is 0 Å². The van der Waals surface area contributed by atoms with E-state index in [1.165, 1.54) is 4.88 Å². The van der Waals surface area contributed by atoms with Crippen LogP contribution in [0, 0.1) is 0 Å². The van der Waals surface area contributed by atoms with Crippen LogP contribution in [0.15, 0.2) is 66.3 Å². The number of hydrogen-bond donors (Lipinski definition) is 1. The Morgan fingerprint density at radius 3 is 2.69 bits per heavy atom. The number of hydrogen-bond acceptors (Lipinski definition) is 4. The van der Waals surface area contributed by atoms with Crippen LogP contribution >= 0.6 is 11.3 Å². The van der Waals surface area contributed by atoms with E-state index in [1.54, 1.807) is 35.7 Å². The predicted molar refractivity (Wildman–Crippen MR) is 105 cm³/mol. The van der Waals surface area contributed by atoms with Crippen molar-refractivity contribution >= 4 is 23.1 Å². The molecule has 0 fully saturated rings. The molecule has 3 rings (SSSR count). The summed E-state index contributed by atoms with van der Waals surface area (Å²) in [6.07, 6.45) is 4.35. The quantitative estimate of drug-likeness (QED) is 0.672. The van der Waals surface area contributed by atoms with Gasteiger partial charge in [-0.05, 0) is 53.8 Å². The van der Waals surface area contributed by atoms with Crippen molar-refractivity contribution < 1.29 is 9.53 Å². The topological polar surface area (TPSA) is 54.5 Å². The molecule has 1 aromatic carbocycles. The maximum absolute atomic E-state index is 12.8. The molecule has 0 unspecified atom stereocenters. The number of carbonyl (C=O) groups is 1. The van der Waals surface area contributed by atoms with Gasteiger partial charge >= 0.3 is 6.03 Å². The first-order chi connectivity index (χ1) is 12.7. The number of aromatic nitrogens is 1. The summed E-state index contributed by atoms with van der Waals surface area (Å²) in [7, 11) is 1.62. The Balaban J connectivity index is 1.68. The zero-order valence-corrected chi connectivity index (χ0v) is 15.4. The summed E-state index contributed by atoms with van der Waals surface area (Å²) in [6.45, 7) is 1.15. The van der Waals surface area contributed by atoms with Gasteiger partial charge in [0.1, 0.15) is 5.75 Å². The lowest BCUT2D eigenvalue weighted by Gasteiger charge is -2.23. The third-order valence-corrected chi connectivity index (χ3v) is 4.87. The third-order valence-electron chi connectivity index (χ3n) is 3.93. The van der Waals surface area contributed by atoms with Crippen molar-refractivity contribution in [2.24, 2.45) is 0 Å². The van der Waals surface area contributed by atoms with E-state index in [0.29, 0.717) is 13.1 Å². The number of amides is 2. The molecule has 6 heteroatoms. The molecular formula is C20H21N3O2S. The van der Waals surface area contributed by atoms with Crippen molar-refractivity contribution in [1.29, 1.82) is 0 Å². The lowest BCUT2D eigenvalue weighted by atomic mass is 10.2. The van der Waals surface area contributed by atoms with Crippen LogP contribution in [0.5, 0.6) is 5.75 Å². The second-order valence-corrected chi connectivity index (χ2v) is 6.80. The van der Waals surface area contributed by atoms with Gasteiger partial charge in [0.05, 0.1) is 7.11 Å². The van der Waals surface area contributed by atoms with Crippen LogP contribution in [0.25, 0.3) is 0 Å². The largest absolute Gasteiger partial charge is 0.497 e. The van der Waals surface area contributed by atoms with E-state index < -0.39 is 0 Å². The van der Waals surface area contributed by atoms with Gasteiger partial charge in [0.2, 0.25) is 0 Å². The number of rotatable bonds is 7. The molecule has 26 heavy (non-hydrogen) atoms. The van der Waals surface area contributed by atoms with Crippen molar-refractivity contribution in [3.8, 4) is 5.75 Å². The summed E-state index contributed by atoms with van der Waals surface area (Å²) >= 11 is 1.71. The van der Waals surface area contributed by atoms with Gasteiger partial charge in [-0.15, -0.1) is 11.3 Å². The molecule has 0 bridgehead atoms. The van der Waals surface area contributed by atoms with Gasteiger partial charge in [0.15, 0.2) is 0 Å². The van der Waals surface area contributed by atoms with Crippen LogP contribution in [-0.4, -0.2) is 29.6 Å². The molecule has 0 saturated carbocycles. The van der Waals surface area contributed by atoms with E-state index in [2.05, 4.69) is 21.7 Å². The van der Waals surface area contributed by atoms with Crippen molar-refractivity contribution in [2.75, 3.05) is 19.0 Å². The summed E-state index contributed by atoms with van der Waals surface area (Å²) in [5, 5.41) is 5.01. The fourth-order valence-electron chi connectivity index (χ4n) is 2.54. The first-order valence-electron chi connectivity index (χ1n) is 8.36. The average Bonchev–Trinajstić information content (AvgIpc) is 3.20. The highest BCUT2D eigenvalue weighted by molar-refractivity contribution is 7.09. The molecule has 0 spiro atoms. The smallest absolute Gasteiger partial charge is 0.322 e. The van der Waals surface area contributed by atoms with E-state index in [1.807, 2.05) is 42.5 Å². The molecule has 2 aromatic heterocycles. The number of anilines is 1. The Labute approximate surface area is 157 Å². The molecule has 1 N–H and O–H groups in total. The fraction of sp³-hybridized carbons (Fsp3) is 0.200. The number of pyridine rings is 1. The normalized spacial score (nSPS) is 10.3. The lowest BCUT2D eigenvalue weighted by molar-refractivity contribution is 0.210. The number of carbonyl (C=O) groups excluding carboxylic acids is 1. The van der Waals surface area contributed by atoms with Crippen LogP contribution in [0.1, 0.15) is 10.4 Å². The van der Waals surface area contributed by atoms with Crippen molar-refractivity contribution in [1.82, 2.24) is 9.88 Å². The van der Waals surface area contributed by atoms with E-state index in [-0.39, 0.29) is 6.03 Å². The molecule has 134 valence electrons. The van der Waals surface area contributed by atoms with Gasteiger partial charge in [-0.3, -0.25) is 4.98 Å². The lowest BCUT2D eigenvalue weighted by Crippen LogP contribution is -2.36. The van der Waals surface area contributed by atoms with Crippen LogP contribution in [0.3, 0.4) is 0 Å². The molecule has 0 aliphatic carbocycles. The fourth-order valence-corrected chi connectivity index (χ4v) is 3.24. The summed E-state index contributed by atoms with van der Waals surface area (Å²) in [5.41, 5.74) is 1.74. The minimum atomic E-state index is -0.129. The Bertz CT molecular complexity index is 805. The van der Waals surface area contributed by atoms with Gasteiger partial charge in [0, 0.05) is 36.0 Å². The average molecular weight is 367 g/mol. The van der Waals surface area contributed by atoms with Gasteiger partial charge in [0.25, 0.3) is 0 Å². The van der Waals surface area contributed by atoms with Crippen LogP contribution in [-0.2, 0) is 13.0 Å². The van der Waals surface area contributed by atoms with Gasteiger partial charge < -0.3 is 15.0 Å². The highest BCUT2D eigenvalue weighted by Gasteiger charge is 2.15. The number of urea groups is 1. The minimum Gasteiger partial charge on any atom is -0.497 e. The standard InChI is InChI=1S/C20H21N3O2S/c1-25-18-8-6-17(7-9-18)22-20(24)23(12-10-19-5-3-13-26-19)15-16-4-2-11-21-14-16/h2-9,11,13-14H,10,12,15H2,1H3,(H,22,24). The molecule has 0 atom stereocenters. The molecule has 2 amide bonds. The van der Waals surface area contributed by atoms with Crippen molar-refractivity contribution in [3.05, 3.63) is 76.7 Å². The maximum Gasteiger partial charge on any atom is 0.322 e. The number of nitrogens with zero attached hydrogens (tertiary/aromatic N) is 2. The number of benzene rings is 1. The second kappa shape index (κ2) is 9.01. The zero-order chi connectivity index (χ0) is 18.2. The highest BCUT2D eigenvalue weighted by atomic mass is 32.1. The Kier molecular flexibility index (Phi) is 6.22. The summed E-state index contributed by atoms with van der Waals surface area (Å²) in [4.78, 5) is 20.0. The molecule has 3 aromatic rings. The number of thiophene rings is 1. The molecule has 2 heterocycles. The highest BCUT2D eigenvalue weighted by Crippen LogP contribution is 2.17. The van der Waals surface area contributed by atoms with Gasteiger partial charge in [-0.25, -0.2) is 4.79 Å². The SMILES string of the molecule is COc1ccc(NC(=O)N(CCc2cccs2)Cc2cccnc2)cc1. The van der Waals surface area contributed by atoms with E-state index in [0.717, 1.165) is 23.4 Å². The minimum absolute atomic E-state index is 0.129. The van der Waals surface area contributed by atoms with Crippen LogP contribution < -0.4 is 10.1 Å². The first kappa shape index (κ1) is 17.9. The van der Waals surface area contributed by atoms with E-state index in [4.69, 9.17) is 4.74 Å². The van der Waals surface area contributed by atoms with Crippen molar-refractivity contribution in [3.63, 3.8) is 0 Å². The summed E-state index contributed by atoms with van der Waals surface area (Å²) < 4.78 is 5.15. The molecule has 0 saturated heterocycles. The first-order valence-corrected chi connectivity index (χ1v) is 9.24. The monoisotopic (exact) mass is 367 g/mol. The Morgan fingerprint density at radius 2 is 2.04 bits per heavy atom. The number of nitrogens with one attached hydrogen (secondary N) is 1. The molecular weight excluding hydrogens is 346 g/mol. The van der Waals surface area contributed by atoms with Crippen LogP contribution in [0.4, 0.5) is 10.5 Å². The molecule has 5 nitrogen and oxygen atoms in total. The summed E-state index contributed by atoms with van der Waals surface area (Å²) in [5.74, 6) is 0.757. The second-order valence-electron chi connectivity index (χ2n) is 5.77. The van der Waals surface area contributed by atoms with Crippen molar-refractivity contribution in [2.45, 2.75) is 13.0 Å². The Morgan fingerprint density at radius 1 is 1.19 bits per heavy atom.